The Labute approximate surface area is 107 Å². The van der Waals surface area contributed by atoms with Crippen LogP contribution in [0, 0.1) is 5.92 Å². The molecule has 1 fully saturated rings. The van der Waals surface area contributed by atoms with Crippen LogP contribution in [0.25, 0.3) is 0 Å². The number of rotatable bonds is 3. The second kappa shape index (κ2) is 4.76. The summed E-state index contributed by atoms with van der Waals surface area (Å²) in [6.07, 6.45) is -1.19. The molecule has 1 atom stereocenters. The number of ether oxygens (including phenoxy) is 2. The molecule has 1 unspecified atom stereocenters. The zero-order valence-corrected chi connectivity index (χ0v) is 11.5. The van der Waals surface area contributed by atoms with Gasteiger partial charge in [-0.25, -0.2) is 9.59 Å². The van der Waals surface area contributed by atoms with Crippen LogP contribution in [0.3, 0.4) is 0 Å². The lowest BCUT2D eigenvalue weighted by molar-refractivity contribution is -0.156. The van der Waals surface area contributed by atoms with Crippen molar-refractivity contribution in [2.75, 3.05) is 13.2 Å². The quantitative estimate of drug-likeness (QED) is 0.780. The molecule has 0 aromatic rings. The van der Waals surface area contributed by atoms with E-state index in [0.717, 1.165) is 4.90 Å². The van der Waals surface area contributed by atoms with Crippen LogP contribution in [-0.2, 0) is 14.3 Å². The van der Waals surface area contributed by atoms with Crippen LogP contribution < -0.4 is 0 Å². The van der Waals surface area contributed by atoms with Gasteiger partial charge in [-0.2, -0.15) is 0 Å². The van der Waals surface area contributed by atoms with E-state index in [-0.39, 0.29) is 19.1 Å². The van der Waals surface area contributed by atoms with Gasteiger partial charge < -0.3 is 14.6 Å². The summed E-state index contributed by atoms with van der Waals surface area (Å²) in [5.41, 5.74) is -2.32. The maximum Gasteiger partial charge on any atom is 0.410 e. The molecule has 1 aliphatic rings. The van der Waals surface area contributed by atoms with Crippen LogP contribution in [0.5, 0.6) is 0 Å². The summed E-state index contributed by atoms with van der Waals surface area (Å²) in [5.74, 6) is -0.365. The maximum atomic E-state index is 12.1. The van der Waals surface area contributed by atoms with E-state index in [1.807, 2.05) is 13.8 Å². The average molecular weight is 259 g/mol. The summed E-state index contributed by atoms with van der Waals surface area (Å²) in [6.45, 7) is 8.85. The minimum absolute atomic E-state index is 0.00320. The number of carboxylic acid groups (broad SMARTS) is 1. The molecule has 1 aliphatic heterocycles. The van der Waals surface area contributed by atoms with Gasteiger partial charge in [-0.3, -0.25) is 4.90 Å². The molecule has 6 nitrogen and oxygen atoms in total. The molecule has 0 radical (unpaired) electrons. The van der Waals surface area contributed by atoms with Crippen LogP contribution in [0.2, 0.25) is 0 Å². The van der Waals surface area contributed by atoms with Crippen LogP contribution in [0.15, 0.2) is 0 Å². The third-order valence-corrected chi connectivity index (χ3v) is 2.92. The molecular formula is C12H21NO5. The molecule has 0 bridgehead atoms. The molecule has 1 N–H and O–H groups in total. The lowest BCUT2D eigenvalue weighted by Gasteiger charge is -2.35. The van der Waals surface area contributed by atoms with Gasteiger partial charge in [0.05, 0.1) is 13.2 Å². The van der Waals surface area contributed by atoms with Crippen LogP contribution in [-0.4, -0.2) is 46.5 Å². The number of hydrogen-bond donors (Lipinski definition) is 1. The van der Waals surface area contributed by atoms with Crippen molar-refractivity contribution in [3.05, 3.63) is 0 Å². The normalized spacial score (nSPS) is 26.4. The number of hydrogen-bond acceptors (Lipinski definition) is 4. The number of nitrogens with zero attached hydrogens (tertiary/aromatic N) is 1. The van der Waals surface area contributed by atoms with Crippen molar-refractivity contribution in [3.63, 3.8) is 0 Å². The van der Waals surface area contributed by atoms with Gasteiger partial charge in [0.2, 0.25) is 0 Å². The van der Waals surface area contributed by atoms with E-state index in [1.165, 1.54) is 6.92 Å². The zero-order chi connectivity index (χ0) is 14.1. The summed E-state index contributed by atoms with van der Waals surface area (Å²) in [7, 11) is 0. The Bertz CT molecular complexity index is 352. The Morgan fingerprint density at radius 1 is 1.39 bits per heavy atom. The third-order valence-electron chi connectivity index (χ3n) is 2.92. The van der Waals surface area contributed by atoms with E-state index in [4.69, 9.17) is 9.47 Å². The molecular weight excluding hydrogens is 238 g/mol. The maximum absolute atomic E-state index is 12.1. The third kappa shape index (κ3) is 2.58. The first-order valence-electron chi connectivity index (χ1n) is 5.95. The lowest BCUT2D eigenvalue weighted by Crippen LogP contribution is -2.58. The Kier molecular flexibility index (Phi) is 3.90. The van der Waals surface area contributed by atoms with Gasteiger partial charge >= 0.3 is 12.1 Å². The van der Waals surface area contributed by atoms with Gasteiger partial charge in [0.1, 0.15) is 5.72 Å². The van der Waals surface area contributed by atoms with E-state index >= 15 is 0 Å². The molecule has 0 aromatic carbocycles. The smallest absolute Gasteiger partial charge is 0.410 e. The first-order chi connectivity index (χ1) is 8.11. The average Bonchev–Trinajstić information content (AvgIpc) is 2.46. The molecule has 0 saturated carbocycles. The van der Waals surface area contributed by atoms with Crippen molar-refractivity contribution in [1.82, 2.24) is 4.90 Å². The van der Waals surface area contributed by atoms with E-state index < -0.39 is 23.3 Å². The highest BCUT2D eigenvalue weighted by molar-refractivity contribution is 5.86. The van der Waals surface area contributed by atoms with Crippen molar-refractivity contribution in [2.24, 2.45) is 5.92 Å². The summed E-state index contributed by atoms with van der Waals surface area (Å²) >= 11 is 0. The van der Waals surface area contributed by atoms with Gasteiger partial charge in [-0.1, -0.05) is 13.8 Å². The minimum atomic E-state index is -1.29. The first kappa shape index (κ1) is 14.8. The summed E-state index contributed by atoms with van der Waals surface area (Å²) < 4.78 is 10.5. The molecule has 1 rings (SSSR count). The standard InChI is InChI=1S/C12H21NO5/c1-8(2)6-17-9(14)12(5)7-18-11(3,4)13(12)10(15)16/h8H,6-7H2,1-5H3,(H,15,16). The van der Waals surface area contributed by atoms with E-state index in [2.05, 4.69) is 0 Å². The van der Waals surface area contributed by atoms with Gasteiger partial charge in [-0.05, 0) is 26.7 Å². The highest BCUT2D eigenvalue weighted by Crippen LogP contribution is 2.35. The summed E-state index contributed by atoms with van der Waals surface area (Å²) in [5, 5.41) is 9.25. The van der Waals surface area contributed by atoms with Crippen LogP contribution >= 0.6 is 0 Å². The fourth-order valence-electron chi connectivity index (χ4n) is 2.03. The Balaban J connectivity index is 2.90. The molecule has 1 saturated heterocycles. The molecule has 0 aliphatic carbocycles. The van der Waals surface area contributed by atoms with E-state index in [9.17, 15) is 14.7 Å². The molecule has 6 heteroatoms. The molecule has 0 spiro atoms. The van der Waals surface area contributed by atoms with Gasteiger partial charge in [-0.15, -0.1) is 0 Å². The highest BCUT2D eigenvalue weighted by Gasteiger charge is 2.57. The molecule has 18 heavy (non-hydrogen) atoms. The second-order valence-electron chi connectivity index (χ2n) is 5.62. The first-order valence-corrected chi connectivity index (χ1v) is 5.95. The second-order valence-corrected chi connectivity index (χ2v) is 5.62. The van der Waals surface area contributed by atoms with Crippen molar-refractivity contribution in [3.8, 4) is 0 Å². The van der Waals surface area contributed by atoms with Crippen molar-refractivity contribution < 1.29 is 24.2 Å². The molecule has 1 amide bonds. The van der Waals surface area contributed by atoms with E-state index in [0.29, 0.717) is 0 Å². The Hall–Kier alpha value is -1.30. The Morgan fingerprint density at radius 2 is 1.94 bits per heavy atom. The SMILES string of the molecule is CC(C)COC(=O)C1(C)COC(C)(C)N1C(=O)O. The monoisotopic (exact) mass is 259 g/mol. The number of carbonyl (C=O) groups is 2. The molecule has 104 valence electrons. The van der Waals surface area contributed by atoms with Crippen molar-refractivity contribution in [2.45, 2.75) is 45.9 Å². The largest absolute Gasteiger partial charge is 0.465 e. The van der Waals surface area contributed by atoms with Crippen LogP contribution in [0.4, 0.5) is 4.79 Å². The topological polar surface area (TPSA) is 76.1 Å². The summed E-state index contributed by atoms with van der Waals surface area (Å²) in [6, 6.07) is 0. The summed E-state index contributed by atoms with van der Waals surface area (Å²) in [4.78, 5) is 24.4. The lowest BCUT2D eigenvalue weighted by atomic mass is 10.0. The minimum Gasteiger partial charge on any atom is -0.465 e. The zero-order valence-electron chi connectivity index (χ0n) is 11.5. The van der Waals surface area contributed by atoms with Crippen molar-refractivity contribution >= 4 is 12.1 Å². The predicted molar refractivity (Wildman–Crippen MR) is 64.1 cm³/mol. The van der Waals surface area contributed by atoms with Gasteiger partial charge in [0.25, 0.3) is 0 Å². The Morgan fingerprint density at radius 3 is 2.39 bits per heavy atom. The van der Waals surface area contributed by atoms with Gasteiger partial charge in [0, 0.05) is 0 Å². The predicted octanol–water partition coefficient (Wildman–Crippen LogP) is 1.69. The van der Waals surface area contributed by atoms with Crippen LogP contribution in [0.1, 0.15) is 34.6 Å². The van der Waals surface area contributed by atoms with Gasteiger partial charge in [0.15, 0.2) is 5.54 Å². The van der Waals surface area contributed by atoms with Crippen molar-refractivity contribution in [1.29, 1.82) is 0 Å². The number of carbonyl (C=O) groups excluding carboxylic acids is 1. The fourth-order valence-corrected chi connectivity index (χ4v) is 2.03. The number of esters is 1. The van der Waals surface area contributed by atoms with E-state index in [1.54, 1.807) is 13.8 Å². The molecule has 1 heterocycles. The molecule has 0 aromatic heterocycles. The fraction of sp³-hybridized carbons (Fsp3) is 0.833. The number of amides is 1. The highest BCUT2D eigenvalue weighted by atomic mass is 16.6.